The molecule has 4 heteroatoms. The zero-order chi connectivity index (χ0) is 16.9. The van der Waals surface area contributed by atoms with E-state index in [1.165, 1.54) is 0 Å². The van der Waals surface area contributed by atoms with Gasteiger partial charge >= 0.3 is 6.09 Å². The predicted molar refractivity (Wildman–Crippen MR) is 91.0 cm³/mol. The van der Waals surface area contributed by atoms with E-state index < -0.39 is 6.09 Å². The summed E-state index contributed by atoms with van der Waals surface area (Å²) in [6, 6.07) is 15.2. The summed E-state index contributed by atoms with van der Waals surface area (Å²) in [5, 5.41) is 2.76. The summed E-state index contributed by atoms with van der Waals surface area (Å²) in [6.45, 7) is 6.63. The summed E-state index contributed by atoms with van der Waals surface area (Å²) in [4.78, 5) is 12.1. The molecule has 0 radical (unpaired) electrons. The largest absolute Gasteiger partial charge is 0.497 e. The summed E-state index contributed by atoms with van der Waals surface area (Å²) in [7, 11) is 1.62. The maximum absolute atomic E-state index is 12.1. The number of carbonyl (C=O) groups excluding carboxylic acids is 1. The lowest BCUT2D eigenvalue weighted by molar-refractivity contribution is 0.199. The number of methoxy groups -OCH3 is 1. The first-order valence-electron chi connectivity index (χ1n) is 7.58. The van der Waals surface area contributed by atoms with Crippen molar-refractivity contribution < 1.29 is 14.3 Å². The molecule has 0 atom stereocenters. The molecule has 1 amide bonds. The third-order valence-corrected chi connectivity index (χ3v) is 3.48. The van der Waals surface area contributed by atoms with Crippen LogP contribution in [0.4, 0.5) is 4.79 Å². The van der Waals surface area contributed by atoms with Gasteiger partial charge in [0, 0.05) is 12.1 Å². The second-order valence-corrected chi connectivity index (χ2v) is 6.34. The van der Waals surface area contributed by atoms with Gasteiger partial charge in [-0.2, -0.15) is 0 Å². The van der Waals surface area contributed by atoms with Crippen molar-refractivity contribution in [1.29, 1.82) is 0 Å². The molecule has 0 heterocycles. The summed E-state index contributed by atoms with van der Waals surface area (Å²) in [5.74, 6) is 1.29. The highest BCUT2D eigenvalue weighted by Crippen LogP contribution is 2.34. The fourth-order valence-corrected chi connectivity index (χ4v) is 2.22. The molecule has 1 N–H and O–H groups in total. The molecule has 0 saturated heterocycles. The zero-order valence-electron chi connectivity index (χ0n) is 14.1. The van der Waals surface area contributed by atoms with Crippen LogP contribution in [0.1, 0.15) is 31.9 Å². The van der Waals surface area contributed by atoms with Gasteiger partial charge in [-0.05, 0) is 29.2 Å². The highest BCUT2D eigenvalue weighted by molar-refractivity contribution is 5.71. The van der Waals surface area contributed by atoms with Gasteiger partial charge in [0.2, 0.25) is 0 Å². The third-order valence-electron chi connectivity index (χ3n) is 3.48. The minimum Gasteiger partial charge on any atom is -0.497 e. The average Bonchev–Trinajstić information content (AvgIpc) is 2.53. The average molecular weight is 313 g/mol. The lowest BCUT2D eigenvalue weighted by Crippen LogP contribution is -2.27. The SMILES string of the molecule is COc1ccc(OC(=O)NCc2ccccc2)c(C(C)(C)C)c1. The molecular formula is C19H23NO3. The molecule has 0 aliphatic rings. The van der Waals surface area contributed by atoms with E-state index >= 15 is 0 Å². The summed E-state index contributed by atoms with van der Waals surface area (Å²) < 4.78 is 10.7. The highest BCUT2D eigenvalue weighted by Gasteiger charge is 2.21. The van der Waals surface area contributed by atoms with Gasteiger partial charge in [-0.15, -0.1) is 0 Å². The standard InChI is InChI=1S/C19H23NO3/c1-19(2,3)16-12-15(22-4)10-11-17(16)23-18(21)20-13-14-8-6-5-7-9-14/h5-12H,13H2,1-4H3,(H,20,21). The Morgan fingerprint density at radius 2 is 1.78 bits per heavy atom. The molecule has 2 aromatic carbocycles. The lowest BCUT2D eigenvalue weighted by Gasteiger charge is -2.23. The molecule has 0 saturated carbocycles. The summed E-state index contributed by atoms with van der Waals surface area (Å²) in [5.41, 5.74) is 1.78. The topological polar surface area (TPSA) is 47.6 Å². The Hall–Kier alpha value is -2.49. The number of rotatable bonds is 4. The van der Waals surface area contributed by atoms with E-state index in [1.54, 1.807) is 19.2 Å². The number of hydrogen-bond donors (Lipinski definition) is 1. The number of benzene rings is 2. The molecule has 2 rings (SSSR count). The van der Waals surface area contributed by atoms with Crippen molar-refractivity contribution in [2.45, 2.75) is 32.7 Å². The molecule has 0 unspecified atom stereocenters. The van der Waals surface area contributed by atoms with E-state index in [-0.39, 0.29) is 5.41 Å². The van der Waals surface area contributed by atoms with Crippen LogP contribution in [0, 0.1) is 0 Å². The third kappa shape index (κ3) is 4.74. The minimum atomic E-state index is -0.468. The molecule has 2 aromatic rings. The molecule has 23 heavy (non-hydrogen) atoms. The Morgan fingerprint density at radius 1 is 1.09 bits per heavy atom. The van der Waals surface area contributed by atoms with Gasteiger partial charge in [0.15, 0.2) is 0 Å². The molecule has 0 spiro atoms. The van der Waals surface area contributed by atoms with Gasteiger partial charge in [-0.1, -0.05) is 51.1 Å². The fraction of sp³-hybridized carbons (Fsp3) is 0.316. The lowest BCUT2D eigenvalue weighted by atomic mass is 9.86. The van der Waals surface area contributed by atoms with Crippen LogP contribution in [0.25, 0.3) is 0 Å². The molecule has 0 aromatic heterocycles. The maximum Gasteiger partial charge on any atom is 0.412 e. The molecule has 0 aliphatic carbocycles. The first-order valence-corrected chi connectivity index (χ1v) is 7.58. The summed E-state index contributed by atoms with van der Waals surface area (Å²) in [6.07, 6.45) is -0.468. The van der Waals surface area contributed by atoms with Crippen LogP contribution in [0.3, 0.4) is 0 Å². The van der Waals surface area contributed by atoms with E-state index in [2.05, 4.69) is 26.1 Å². The van der Waals surface area contributed by atoms with E-state index in [0.29, 0.717) is 12.3 Å². The van der Waals surface area contributed by atoms with Crippen LogP contribution < -0.4 is 14.8 Å². The molecule has 0 aliphatic heterocycles. The number of ether oxygens (including phenoxy) is 2. The summed E-state index contributed by atoms with van der Waals surface area (Å²) >= 11 is 0. The molecular weight excluding hydrogens is 290 g/mol. The Kier molecular flexibility index (Phi) is 5.27. The Balaban J connectivity index is 2.08. The van der Waals surface area contributed by atoms with Crippen molar-refractivity contribution in [2.75, 3.05) is 7.11 Å². The van der Waals surface area contributed by atoms with Crippen molar-refractivity contribution in [3.8, 4) is 11.5 Å². The highest BCUT2D eigenvalue weighted by atomic mass is 16.6. The van der Waals surface area contributed by atoms with Crippen LogP contribution in [-0.2, 0) is 12.0 Å². The quantitative estimate of drug-likeness (QED) is 0.916. The van der Waals surface area contributed by atoms with Crippen molar-refractivity contribution >= 4 is 6.09 Å². The normalized spacial score (nSPS) is 11.0. The Bertz CT molecular complexity index is 660. The number of hydrogen-bond acceptors (Lipinski definition) is 3. The number of nitrogens with one attached hydrogen (secondary N) is 1. The number of amides is 1. The van der Waals surface area contributed by atoms with E-state index in [9.17, 15) is 4.79 Å². The van der Waals surface area contributed by atoms with Gasteiger partial charge in [-0.25, -0.2) is 4.79 Å². The molecule has 0 fully saturated rings. The molecule has 122 valence electrons. The van der Waals surface area contributed by atoms with Gasteiger partial charge in [0.25, 0.3) is 0 Å². The first kappa shape index (κ1) is 16.9. The van der Waals surface area contributed by atoms with Crippen molar-refractivity contribution in [2.24, 2.45) is 0 Å². The maximum atomic E-state index is 12.1. The first-order chi connectivity index (χ1) is 10.9. The molecule has 4 nitrogen and oxygen atoms in total. The van der Waals surface area contributed by atoms with Crippen LogP contribution >= 0.6 is 0 Å². The molecule has 0 bridgehead atoms. The zero-order valence-corrected chi connectivity index (χ0v) is 14.1. The Labute approximate surface area is 137 Å². The second kappa shape index (κ2) is 7.18. The number of carbonyl (C=O) groups is 1. The van der Waals surface area contributed by atoms with Crippen LogP contribution in [-0.4, -0.2) is 13.2 Å². The van der Waals surface area contributed by atoms with Gasteiger partial charge in [-0.3, -0.25) is 0 Å². The Morgan fingerprint density at radius 3 is 2.39 bits per heavy atom. The van der Waals surface area contributed by atoms with E-state index in [4.69, 9.17) is 9.47 Å². The minimum absolute atomic E-state index is 0.163. The van der Waals surface area contributed by atoms with Crippen LogP contribution in [0.15, 0.2) is 48.5 Å². The fourth-order valence-electron chi connectivity index (χ4n) is 2.22. The van der Waals surface area contributed by atoms with Gasteiger partial charge in [0.1, 0.15) is 11.5 Å². The van der Waals surface area contributed by atoms with Crippen molar-refractivity contribution in [3.05, 3.63) is 59.7 Å². The van der Waals surface area contributed by atoms with E-state index in [0.717, 1.165) is 16.9 Å². The van der Waals surface area contributed by atoms with Crippen LogP contribution in [0.5, 0.6) is 11.5 Å². The van der Waals surface area contributed by atoms with Gasteiger partial charge in [0.05, 0.1) is 7.11 Å². The second-order valence-electron chi connectivity index (χ2n) is 6.34. The predicted octanol–water partition coefficient (Wildman–Crippen LogP) is 4.28. The van der Waals surface area contributed by atoms with Crippen LogP contribution in [0.2, 0.25) is 0 Å². The van der Waals surface area contributed by atoms with Gasteiger partial charge < -0.3 is 14.8 Å². The van der Waals surface area contributed by atoms with Crippen molar-refractivity contribution in [1.82, 2.24) is 5.32 Å². The van der Waals surface area contributed by atoms with Crippen molar-refractivity contribution in [3.63, 3.8) is 0 Å². The smallest absolute Gasteiger partial charge is 0.412 e. The monoisotopic (exact) mass is 313 g/mol. The van der Waals surface area contributed by atoms with E-state index in [1.807, 2.05) is 36.4 Å².